The topological polar surface area (TPSA) is 140 Å². The molecule has 1 aromatic carbocycles. The van der Waals surface area contributed by atoms with Gasteiger partial charge in [0.1, 0.15) is 18.3 Å². The van der Waals surface area contributed by atoms with Gasteiger partial charge in [-0.1, -0.05) is 0 Å². The van der Waals surface area contributed by atoms with Crippen molar-refractivity contribution >= 4 is 29.2 Å². The van der Waals surface area contributed by atoms with Crippen LogP contribution in [0.1, 0.15) is 6.42 Å². The Kier molecular flexibility index (Phi) is 4.95. The zero-order valence-electron chi connectivity index (χ0n) is 14.4. The van der Waals surface area contributed by atoms with Crippen molar-refractivity contribution in [3.63, 3.8) is 0 Å². The largest absolute Gasteiger partial charge is 0.482 e. The van der Waals surface area contributed by atoms with Gasteiger partial charge in [-0.15, -0.1) is 0 Å². The molecular weight excluding hydrogens is 362 g/mol. The lowest BCUT2D eigenvalue weighted by Crippen LogP contribution is -2.49. The Labute approximate surface area is 153 Å². The summed E-state index contributed by atoms with van der Waals surface area (Å²) < 4.78 is 10.4. The fourth-order valence-corrected chi connectivity index (χ4v) is 3.18. The lowest BCUT2D eigenvalue weighted by atomic mass is 10.2. The van der Waals surface area contributed by atoms with Gasteiger partial charge in [0.25, 0.3) is 11.6 Å². The molecule has 0 radical (unpaired) electrons. The number of amides is 2. The average Bonchev–Trinajstić information content (AvgIpc) is 3.08. The van der Waals surface area contributed by atoms with E-state index in [2.05, 4.69) is 0 Å². The first-order valence-electron chi connectivity index (χ1n) is 8.08. The van der Waals surface area contributed by atoms with Gasteiger partial charge in [-0.3, -0.25) is 24.6 Å². The number of aliphatic carboxylic acids is 1. The number of nitrogens with zero attached hydrogens (tertiary/aromatic N) is 3. The van der Waals surface area contributed by atoms with E-state index in [0.29, 0.717) is 0 Å². The highest BCUT2D eigenvalue weighted by Crippen LogP contribution is 2.35. The average molecular weight is 379 g/mol. The van der Waals surface area contributed by atoms with Crippen LogP contribution in [-0.4, -0.2) is 71.7 Å². The first-order chi connectivity index (χ1) is 12.8. The van der Waals surface area contributed by atoms with E-state index in [4.69, 9.17) is 9.47 Å². The van der Waals surface area contributed by atoms with Crippen LogP contribution in [0.4, 0.5) is 11.4 Å². The Morgan fingerprint density at radius 1 is 1.44 bits per heavy atom. The molecule has 0 aromatic heterocycles. The number of carboxylic acid groups (broad SMARTS) is 1. The van der Waals surface area contributed by atoms with Crippen LogP contribution in [0.5, 0.6) is 5.75 Å². The molecule has 2 amide bonds. The molecule has 0 saturated carbocycles. The third-order valence-corrected chi connectivity index (χ3v) is 4.59. The minimum absolute atomic E-state index is 0.0899. The van der Waals surface area contributed by atoms with E-state index >= 15 is 0 Å². The zero-order valence-corrected chi connectivity index (χ0v) is 14.4. The molecule has 2 atom stereocenters. The second kappa shape index (κ2) is 7.19. The fourth-order valence-electron chi connectivity index (χ4n) is 3.18. The summed E-state index contributed by atoms with van der Waals surface area (Å²) in [5, 5.41) is 20.3. The number of likely N-dealkylation sites (tertiary alicyclic amines) is 1. The number of carboxylic acids is 1. The van der Waals surface area contributed by atoms with Crippen LogP contribution in [0.15, 0.2) is 18.2 Å². The van der Waals surface area contributed by atoms with Crippen molar-refractivity contribution in [2.45, 2.75) is 18.6 Å². The Morgan fingerprint density at radius 3 is 2.81 bits per heavy atom. The molecule has 2 unspecified atom stereocenters. The predicted molar refractivity (Wildman–Crippen MR) is 89.5 cm³/mol. The van der Waals surface area contributed by atoms with Gasteiger partial charge in [-0.25, -0.2) is 4.79 Å². The molecule has 11 nitrogen and oxygen atoms in total. The summed E-state index contributed by atoms with van der Waals surface area (Å²) in [7, 11) is 1.43. The summed E-state index contributed by atoms with van der Waals surface area (Å²) in [5.74, 6) is -2.06. The van der Waals surface area contributed by atoms with Crippen molar-refractivity contribution in [1.29, 1.82) is 0 Å². The van der Waals surface area contributed by atoms with Gasteiger partial charge in [-0.2, -0.15) is 0 Å². The highest BCUT2D eigenvalue weighted by Gasteiger charge is 2.41. The SMILES string of the molecule is COC1CC(C(=O)O)N(C(=O)CN2C(=O)COc3ccc([N+](=O)[O-])cc32)C1. The summed E-state index contributed by atoms with van der Waals surface area (Å²) in [6.45, 7) is -0.676. The van der Waals surface area contributed by atoms with Gasteiger partial charge in [0.15, 0.2) is 6.61 Å². The molecule has 27 heavy (non-hydrogen) atoms. The van der Waals surface area contributed by atoms with E-state index in [-0.39, 0.29) is 36.7 Å². The third-order valence-electron chi connectivity index (χ3n) is 4.59. The van der Waals surface area contributed by atoms with Crippen molar-refractivity contribution in [1.82, 2.24) is 4.90 Å². The molecule has 1 N–H and O–H groups in total. The van der Waals surface area contributed by atoms with Crippen molar-refractivity contribution in [2.24, 2.45) is 0 Å². The van der Waals surface area contributed by atoms with Crippen molar-refractivity contribution in [2.75, 3.05) is 31.7 Å². The lowest BCUT2D eigenvalue weighted by Gasteiger charge is -2.31. The minimum atomic E-state index is -1.16. The smallest absolute Gasteiger partial charge is 0.326 e. The molecule has 1 fully saturated rings. The number of non-ortho nitro benzene ring substituents is 1. The quantitative estimate of drug-likeness (QED) is 0.558. The number of carbonyl (C=O) groups excluding carboxylic acids is 2. The molecule has 3 rings (SSSR count). The number of benzene rings is 1. The van der Waals surface area contributed by atoms with E-state index in [1.54, 1.807) is 0 Å². The van der Waals surface area contributed by atoms with Crippen LogP contribution in [0.2, 0.25) is 0 Å². The van der Waals surface area contributed by atoms with Gasteiger partial charge < -0.3 is 19.5 Å². The van der Waals surface area contributed by atoms with Gasteiger partial charge in [0.2, 0.25) is 5.91 Å². The Bertz CT molecular complexity index is 811. The second-order valence-electron chi connectivity index (χ2n) is 6.17. The van der Waals surface area contributed by atoms with E-state index in [9.17, 15) is 29.6 Å². The number of rotatable bonds is 5. The van der Waals surface area contributed by atoms with Crippen LogP contribution in [0, 0.1) is 10.1 Å². The molecule has 144 valence electrons. The molecule has 2 aliphatic heterocycles. The monoisotopic (exact) mass is 379 g/mol. The normalized spacial score (nSPS) is 21.6. The third kappa shape index (κ3) is 3.53. The van der Waals surface area contributed by atoms with Gasteiger partial charge in [0, 0.05) is 32.2 Å². The summed E-state index contributed by atoms with van der Waals surface area (Å²) in [4.78, 5) is 49.0. The molecular formula is C16H17N3O8. The van der Waals surface area contributed by atoms with Gasteiger partial charge in [-0.05, 0) is 6.07 Å². The standard InChI is InChI=1S/C16H17N3O8/c1-26-10-5-12(16(22)23)17(6-10)14(20)7-18-11-4-9(19(24)25)2-3-13(11)27-8-15(18)21/h2-4,10,12H,5-8H2,1H3,(H,22,23). The maximum atomic E-state index is 12.7. The molecule has 0 spiro atoms. The van der Waals surface area contributed by atoms with Crippen LogP contribution in [0.3, 0.4) is 0 Å². The zero-order chi connectivity index (χ0) is 19.7. The van der Waals surface area contributed by atoms with E-state index < -0.39 is 41.4 Å². The maximum Gasteiger partial charge on any atom is 0.326 e. The number of anilines is 1. The van der Waals surface area contributed by atoms with Crippen LogP contribution in [0.25, 0.3) is 0 Å². The van der Waals surface area contributed by atoms with Crippen LogP contribution < -0.4 is 9.64 Å². The van der Waals surface area contributed by atoms with Crippen LogP contribution in [-0.2, 0) is 19.1 Å². The lowest BCUT2D eigenvalue weighted by molar-refractivity contribution is -0.384. The Morgan fingerprint density at radius 2 is 2.19 bits per heavy atom. The fraction of sp³-hybridized carbons (Fsp3) is 0.438. The molecule has 2 aliphatic rings. The van der Waals surface area contributed by atoms with E-state index in [1.807, 2.05) is 0 Å². The molecule has 2 heterocycles. The molecule has 11 heteroatoms. The predicted octanol–water partition coefficient (Wildman–Crippen LogP) is 0.0207. The maximum absolute atomic E-state index is 12.7. The minimum Gasteiger partial charge on any atom is -0.482 e. The number of methoxy groups -OCH3 is 1. The summed E-state index contributed by atoms with van der Waals surface area (Å²) in [6, 6.07) is 2.69. The van der Waals surface area contributed by atoms with Crippen molar-refractivity contribution in [3.05, 3.63) is 28.3 Å². The molecule has 0 bridgehead atoms. The summed E-state index contributed by atoms with van der Waals surface area (Å²) in [5.41, 5.74) is -0.156. The summed E-state index contributed by atoms with van der Waals surface area (Å²) >= 11 is 0. The van der Waals surface area contributed by atoms with Crippen molar-refractivity contribution < 1.29 is 33.9 Å². The number of hydrogen-bond donors (Lipinski definition) is 1. The number of carbonyl (C=O) groups is 3. The number of nitro benzene ring substituents is 1. The second-order valence-corrected chi connectivity index (χ2v) is 6.17. The number of nitro groups is 1. The Balaban J connectivity index is 1.85. The molecule has 0 aliphatic carbocycles. The molecule has 1 aromatic rings. The highest BCUT2D eigenvalue weighted by atomic mass is 16.6. The Hall–Kier alpha value is -3.21. The number of ether oxygens (including phenoxy) is 2. The van der Waals surface area contributed by atoms with E-state index in [1.165, 1.54) is 19.2 Å². The van der Waals surface area contributed by atoms with Crippen molar-refractivity contribution in [3.8, 4) is 5.75 Å². The van der Waals surface area contributed by atoms with Gasteiger partial charge in [0.05, 0.1) is 16.7 Å². The van der Waals surface area contributed by atoms with Gasteiger partial charge >= 0.3 is 5.97 Å². The number of fused-ring (bicyclic) bond motifs is 1. The van der Waals surface area contributed by atoms with E-state index in [0.717, 1.165) is 15.9 Å². The highest BCUT2D eigenvalue weighted by molar-refractivity contribution is 6.03. The van der Waals surface area contributed by atoms with Crippen LogP contribution >= 0.6 is 0 Å². The first-order valence-corrected chi connectivity index (χ1v) is 8.08. The number of hydrogen-bond acceptors (Lipinski definition) is 7. The summed E-state index contributed by atoms with van der Waals surface area (Å²) in [6.07, 6.45) is -0.264. The first kappa shape index (κ1) is 18.6. The molecule has 1 saturated heterocycles.